The molecule has 1 heterocycles. The first-order valence-electron chi connectivity index (χ1n) is 3.97. The standard InChI is InChI=1S/C8H14N2O/c1-2-3-8(11)10-6-4-9-5-7-10/h2-3,9H,4-7H2,1H3/b3-2+. The zero-order chi connectivity index (χ0) is 8.10. The highest BCUT2D eigenvalue weighted by molar-refractivity contribution is 5.87. The zero-order valence-electron chi connectivity index (χ0n) is 6.84. The van der Waals surface area contributed by atoms with E-state index in [0.29, 0.717) is 0 Å². The summed E-state index contributed by atoms with van der Waals surface area (Å²) in [5.74, 6) is 0.133. The normalized spacial score (nSPS) is 19.2. The second-order valence-corrected chi connectivity index (χ2v) is 2.58. The van der Waals surface area contributed by atoms with Crippen molar-refractivity contribution in [3.8, 4) is 0 Å². The molecule has 0 spiro atoms. The smallest absolute Gasteiger partial charge is 0.246 e. The first kappa shape index (κ1) is 8.27. The largest absolute Gasteiger partial charge is 0.337 e. The summed E-state index contributed by atoms with van der Waals surface area (Å²) in [4.78, 5) is 13.1. The molecule has 1 amide bonds. The van der Waals surface area contributed by atoms with Crippen molar-refractivity contribution in [3.05, 3.63) is 12.2 Å². The molecular weight excluding hydrogens is 140 g/mol. The van der Waals surface area contributed by atoms with Crippen LogP contribution in [0.3, 0.4) is 0 Å². The van der Waals surface area contributed by atoms with Gasteiger partial charge in [0.2, 0.25) is 5.91 Å². The number of allylic oxidation sites excluding steroid dienone is 1. The van der Waals surface area contributed by atoms with Crippen LogP contribution < -0.4 is 5.32 Å². The predicted octanol–water partition coefficient (Wildman–Crippen LogP) is -0.00570. The van der Waals surface area contributed by atoms with Crippen LogP contribution in [0.2, 0.25) is 0 Å². The molecule has 0 aromatic rings. The van der Waals surface area contributed by atoms with Crippen LogP contribution in [0.15, 0.2) is 12.2 Å². The molecule has 3 nitrogen and oxygen atoms in total. The Labute approximate surface area is 67.1 Å². The number of nitrogens with zero attached hydrogens (tertiary/aromatic N) is 1. The molecule has 1 saturated heterocycles. The fourth-order valence-corrected chi connectivity index (χ4v) is 1.13. The molecule has 0 aliphatic carbocycles. The van der Waals surface area contributed by atoms with E-state index in [9.17, 15) is 4.79 Å². The van der Waals surface area contributed by atoms with E-state index in [0.717, 1.165) is 26.2 Å². The number of carbonyl (C=O) groups is 1. The van der Waals surface area contributed by atoms with E-state index < -0.39 is 0 Å². The minimum atomic E-state index is 0.133. The van der Waals surface area contributed by atoms with Gasteiger partial charge in [0.15, 0.2) is 0 Å². The highest BCUT2D eigenvalue weighted by Crippen LogP contribution is 1.93. The average Bonchev–Trinajstić information content (AvgIpc) is 2.07. The first-order chi connectivity index (χ1) is 5.34. The van der Waals surface area contributed by atoms with E-state index >= 15 is 0 Å². The van der Waals surface area contributed by atoms with E-state index in [-0.39, 0.29) is 5.91 Å². The lowest BCUT2D eigenvalue weighted by Crippen LogP contribution is -2.45. The minimum Gasteiger partial charge on any atom is -0.337 e. The molecule has 1 aliphatic rings. The maximum absolute atomic E-state index is 11.2. The van der Waals surface area contributed by atoms with Crippen LogP contribution in [0.4, 0.5) is 0 Å². The van der Waals surface area contributed by atoms with Crippen LogP contribution in [0.25, 0.3) is 0 Å². The number of piperazine rings is 1. The average molecular weight is 154 g/mol. The summed E-state index contributed by atoms with van der Waals surface area (Å²) in [6, 6.07) is 0. The lowest BCUT2D eigenvalue weighted by atomic mass is 10.3. The number of rotatable bonds is 1. The molecule has 0 aromatic heterocycles. The SMILES string of the molecule is C/C=C/C(=O)N1CCNCC1. The Morgan fingerprint density at radius 1 is 1.45 bits per heavy atom. The summed E-state index contributed by atoms with van der Waals surface area (Å²) in [6.07, 6.45) is 3.40. The van der Waals surface area contributed by atoms with Gasteiger partial charge in [0.25, 0.3) is 0 Å². The van der Waals surface area contributed by atoms with Gasteiger partial charge in [0.05, 0.1) is 0 Å². The number of hydrogen-bond donors (Lipinski definition) is 1. The Bertz CT molecular complexity index is 159. The second-order valence-electron chi connectivity index (χ2n) is 2.58. The topological polar surface area (TPSA) is 32.3 Å². The Morgan fingerprint density at radius 2 is 2.09 bits per heavy atom. The van der Waals surface area contributed by atoms with Crippen molar-refractivity contribution in [3.63, 3.8) is 0 Å². The lowest BCUT2D eigenvalue weighted by molar-refractivity contribution is -0.126. The van der Waals surface area contributed by atoms with Crippen molar-refractivity contribution in [1.82, 2.24) is 10.2 Å². The first-order valence-corrected chi connectivity index (χ1v) is 3.97. The van der Waals surface area contributed by atoms with Crippen LogP contribution >= 0.6 is 0 Å². The molecule has 1 N–H and O–H groups in total. The van der Waals surface area contributed by atoms with Gasteiger partial charge >= 0.3 is 0 Å². The van der Waals surface area contributed by atoms with Gasteiger partial charge < -0.3 is 10.2 Å². The Balaban J connectivity index is 2.38. The molecule has 1 fully saturated rings. The van der Waals surface area contributed by atoms with Gasteiger partial charge in [-0.3, -0.25) is 4.79 Å². The second kappa shape index (κ2) is 4.13. The van der Waals surface area contributed by atoms with E-state index in [1.165, 1.54) is 0 Å². The molecule has 11 heavy (non-hydrogen) atoms. The molecule has 0 aromatic carbocycles. The van der Waals surface area contributed by atoms with E-state index in [2.05, 4.69) is 5.32 Å². The third kappa shape index (κ3) is 2.35. The molecule has 0 atom stereocenters. The molecule has 62 valence electrons. The van der Waals surface area contributed by atoms with Crippen molar-refractivity contribution < 1.29 is 4.79 Å². The fraction of sp³-hybridized carbons (Fsp3) is 0.625. The maximum Gasteiger partial charge on any atom is 0.246 e. The van der Waals surface area contributed by atoms with E-state index in [1.807, 2.05) is 11.8 Å². The van der Waals surface area contributed by atoms with Crippen molar-refractivity contribution >= 4 is 5.91 Å². The number of amides is 1. The predicted molar refractivity (Wildman–Crippen MR) is 44.3 cm³/mol. The van der Waals surface area contributed by atoms with E-state index in [4.69, 9.17) is 0 Å². The number of nitrogens with one attached hydrogen (secondary N) is 1. The molecular formula is C8H14N2O. The summed E-state index contributed by atoms with van der Waals surface area (Å²) in [7, 11) is 0. The van der Waals surface area contributed by atoms with Crippen molar-refractivity contribution in [2.24, 2.45) is 0 Å². The van der Waals surface area contributed by atoms with E-state index in [1.54, 1.807) is 12.2 Å². The van der Waals surface area contributed by atoms with Crippen molar-refractivity contribution in [2.45, 2.75) is 6.92 Å². The van der Waals surface area contributed by atoms with Gasteiger partial charge in [-0.2, -0.15) is 0 Å². The molecule has 1 rings (SSSR count). The monoisotopic (exact) mass is 154 g/mol. The van der Waals surface area contributed by atoms with Gasteiger partial charge in [-0.05, 0) is 13.0 Å². The maximum atomic E-state index is 11.2. The Morgan fingerprint density at radius 3 is 2.64 bits per heavy atom. The van der Waals surface area contributed by atoms with Crippen LogP contribution in [0, 0.1) is 0 Å². The van der Waals surface area contributed by atoms with Crippen LogP contribution in [-0.2, 0) is 4.79 Å². The zero-order valence-corrected chi connectivity index (χ0v) is 6.84. The van der Waals surface area contributed by atoms with Gasteiger partial charge in [0.1, 0.15) is 0 Å². The summed E-state index contributed by atoms with van der Waals surface area (Å²) in [6.45, 7) is 5.37. The Hall–Kier alpha value is -0.830. The summed E-state index contributed by atoms with van der Waals surface area (Å²) >= 11 is 0. The minimum absolute atomic E-state index is 0.133. The Kier molecular flexibility index (Phi) is 3.11. The molecule has 0 bridgehead atoms. The van der Waals surface area contributed by atoms with Gasteiger partial charge in [-0.1, -0.05) is 6.08 Å². The van der Waals surface area contributed by atoms with Gasteiger partial charge in [0, 0.05) is 26.2 Å². The van der Waals surface area contributed by atoms with Gasteiger partial charge in [-0.25, -0.2) is 0 Å². The third-order valence-electron chi connectivity index (χ3n) is 1.74. The highest BCUT2D eigenvalue weighted by Gasteiger charge is 2.12. The molecule has 3 heteroatoms. The quantitative estimate of drug-likeness (QED) is 0.539. The molecule has 0 radical (unpaired) electrons. The van der Waals surface area contributed by atoms with Crippen LogP contribution in [-0.4, -0.2) is 37.0 Å². The number of hydrogen-bond acceptors (Lipinski definition) is 2. The van der Waals surface area contributed by atoms with Gasteiger partial charge in [-0.15, -0.1) is 0 Å². The molecule has 1 aliphatic heterocycles. The van der Waals surface area contributed by atoms with Crippen LogP contribution in [0.1, 0.15) is 6.92 Å². The molecule has 0 unspecified atom stereocenters. The lowest BCUT2D eigenvalue weighted by Gasteiger charge is -2.26. The summed E-state index contributed by atoms with van der Waals surface area (Å²) < 4.78 is 0. The number of carbonyl (C=O) groups excluding carboxylic acids is 1. The fourth-order valence-electron chi connectivity index (χ4n) is 1.13. The van der Waals surface area contributed by atoms with Crippen LogP contribution in [0.5, 0.6) is 0 Å². The summed E-state index contributed by atoms with van der Waals surface area (Å²) in [5, 5.41) is 3.19. The third-order valence-corrected chi connectivity index (χ3v) is 1.74. The molecule has 0 saturated carbocycles. The van der Waals surface area contributed by atoms with Crippen molar-refractivity contribution in [1.29, 1.82) is 0 Å². The highest BCUT2D eigenvalue weighted by atomic mass is 16.2. The van der Waals surface area contributed by atoms with Crippen molar-refractivity contribution in [2.75, 3.05) is 26.2 Å². The summed E-state index contributed by atoms with van der Waals surface area (Å²) in [5.41, 5.74) is 0.